The lowest BCUT2D eigenvalue weighted by Crippen LogP contribution is -2.03. The third kappa shape index (κ3) is 2.50. The molecule has 0 spiro atoms. The van der Waals surface area contributed by atoms with Crippen molar-refractivity contribution in [2.75, 3.05) is 0 Å². The molecule has 1 unspecified atom stereocenters. The van der Waals surface area contributed by atoms with Crippen molar-refractivity contribution in [1.82, 2.24) is 0 Å². The Morgan fingerprint density at radius 3 is 2.24 bits per heavy atom. The number of aryl methyl sites for hydroxylation is 2. The van der Waals surface area contributed by atoms with Gasteiger partial charge in [0.25, 0.3) is 0 Å². The summed E-state index contributed by atoms with van der Waals surface area (Å²) in [6, 6.07) is 18.3. The summed E-state index contributed by atoms with van der Waals surface area (Å²) in [6.45, 7) is 4.13. The average molecular weight is 341 g/mol. The molecule has 0 amide bonds. The number of halogens is 1. The van der Waals surface area contributed by atoms with Crippen molar-refractivity contribution < 1.29 is 5.11 Å². The first kappa shape index (κ1) is 14.3. The van der Waals surface area contributed by atoms with Gasteiger partial charge >= 0.3 is 0 Å². The van der Waals surface area contributed by atoms with E-state index in [-0.39, 0.29) is 0 Å². The highest BCUT2D eigenvalue weighted by molar-refractivity contribution is 9.10. The molecule has 106 valence electrons. The third-order valence-corrected chi connectivity index (χ3v) is 5.07. The summed E-state index contributed by atoms with van der Waals surface area (Å²) in [7, 11) is 0. The molecule has 0 aromatic heterocycles. The van der Waals surface area contributed by atoms with Gasteiger partial charge in [-0.15, -0.1) is 0 Å². The predicted molar refractivity (Wildman–Crippen MR) is 91.6 cm³/mol. The van der Waals surface area contributed by atoms with E-state index in [9.17, 15) is 5.11 Å². The molecule has 1 atom stereocenters. The zero-order valence-corrected chi connectivity index (χ0v) is 13.7. The van der Waals surface area contributed by atoms with Crippen LogP contribution in [0.1, 0.15) is 28.4 Å². The van der Waals surface area contributed by atoms with E-state index in [2.05, 4.69) is 41.1 Å². The van der Waals surface area contributed by atoms with Crippen LogP contribution in [0.15, 0.2) is 59.1 Å². The van der Waals surface area contributed by atoms with Crippen LogP contribution in [0, 0.1) is 13.8 Å². The second-order valence-electron chi connectivity index (χ2n) is 5.40. The highest BCUT2D eigenvalue weighted by atomic mass is 79.9. The van der Waals surface area contributed by atoms with Crippen molar-refractivity contribution in [3.05, 3.63) is 81.3 Å². The number of benzene rings is 3. The number of fused-ring (bicyclic) bond motifs is 1. The topological polar surface area (TPSA) is 20.2 Å². The first-order chi connectivity index (χ1) is 10.1. The molecule has 0 aliphatic heterocycles. The monoisotopic (exact) mass is 340 g/mol. The molecule has 1 N–H and O–H groups in total. The lowest BCUT2D eigenvalue weighted by Gasteiger charge is -2.17. The predicted octanol–water partition coefficient (Wildman–Crippen LogP) is 5.30. The van der Waals surface area contributed by atoms with Crippen molar-refractivity contribution in [2.45, 2.75) is 20.0 Å². The molecule has 0 saturated heterocycles. The van der Waals surface area contributed by atoms with Gasteiger partial charge in [0.2, 0.25) is 0 Å². The smallest absolute Gasteiger partial charge is 0.106 e. The van der Waals surface area contributed by atoms with Crippen molar-refractivity contribution in [1.29, 1.82) is 0 Å². The molecule has 21 heavy (non-hydrogen) atoms. The van der Waals surface area contributed by atoms with Crippen molar-refractivity contribution in [3.63, 3.8) is 0 Å². The van der Waals surface area contributed by atoms with Gasteiger partial charge in [0.15, 0.2) is 0 Å². The van der Waals surface area contributed by atoms with Crippen LogP contribution in [-0.4, -0.2) is 5.11 Å². The molecular weight excluding hydrogens is 324 g/mol. The van der Waals surface area contributed by atoms with Gasteiger partial charge in [0.05, 0.1) is 0 Å². The van der Waals surface area contributed by atoms with Gasteiger partial charge in [-0.1, -0.05) is 70.5 Å². The minimum absolute atomic E-state index is 0.634. The normalized spacial score (nSPS) is 12.6. The number of aliphatic hydroxyl groups excluding tert-OH is 1. The van der Waals surface area contributed by atoms with E-state index < -0.39 is 6.10 Å². The maximum absolute atomic E-state index is 10.9. The minimum Gasteiger partial charge on any atom is -0.384 e. The summed E-state index contributed by atoms with van der Waals surface area (Å²) >= 11 is 3.60. The first-order valence-electron chi connectivity index (χ1n) is 7.01. The first-order valence-corrected chi connectivity index (χ1v) is 7.80. The van der Waals surface area contributed by atoms with E-state index in [0.717, 1.165) is 26.5 Å². The maximum atomic E-state index is 10.9. The van der Waals surface area contributed by atoms with Gasteiger partial charge in [-0.3, -0.25) is 0 Å². The Labute approximate surface area is 133 Å². The fourth-order valence-electron chi connectivity index (χ4n) is 2.76. The fraction of sp³-hybridized carbons (Fsp3) is 0.158. The highest BCUT2D eigenvalue weighted by Crippen LogP contribution is 2.34. The number of hydrogen-bond donors (Lipinski definition) is 1. The van der Waals surface area contributed by atoms with Crippen LogP contribution in [0.4, 0.5) is 0 Å². The molecule has 0 radical (unpaired) electrons. The summed E-state index contributed by atoms with van der Waals surface area (Å²) < 4.78 is 0.974. The number of hydrogen-bond acceptors (Lipinski definition) is 1. The maximum Gasteiger partial charge on any atom is 0.106 e. The quantitative estimate of drug-likeness (QED) is 0.670. The fourth-order valence-corrected chi connectivity index (χ4v) is 3.24. The molecule has 0 bridgehead atoms. The van der Waals surface area contributed by atoms with Gasteiger partial charge in [0.1, 0.15) is 6.10 Å². The van der Waals surface area contributed by atoms with Gasteiger partial charge in [0, 0.05) is 4.47 Å². The number of rotatable bonds is 2. The third-order valence-electron chi connectivity index (χ3n) is 3.99. The van der Waals surface area contributed by atoms with E-state index in [1.54, 1.807) is 0 Å². The van der Waals surface area contributed by atoms with E-state index in [1.807, 2.05) is 43.3 Å². The summed E-state index contributed by atoms with van der Waals surface area (Å²) in [5, 5.41) is 13.2. The van der Waals surface area contributed by atoms with E-state index >= 15 is 0 Å². The molecular formula is C19H17BrO. The standard InChI is InChI=1S/C19H17BrO/c1-12-10-11-16(15-8-4-3-7-14(12)15)19(21)17-9-5-6-13(2)18(17)20/h3-11,19,21H,1-2H3. The number of aliphatic hydroxyl groups is 1. The summed E-state index contributed by atoms with van der Waals surface area (Å²) in [5.41, 5.74) is 4.21. The lowest BCUT2D eigenvalue weighted by atomic mass is 9.93. The second kappa shape index (κ2) is 5.63. The van der Waals surface area contributed by atoms with Crippen LogP contribution in [0.2, 0.25) is 0 Å². The second-order valence-corrected chi connectivity index (χ2v) is 6.19. The Bertz CT molecular complexity index is 808. The van der Waals surface area contributed by atoms with Crippen LogP contribution in [0.25, 0.3) is 10.8 Å². The molecule has 0 fully saturated rings. The van der Waals surface area contributed by atoms with E-state index in [4.69, 9.17) is 0 Å². The van der Waals surface area contributed by atoms with Gasteiger partial charge < -0.3 is 5.11 Å². The zero-order valence-electron chi connectivity index (χ0n) is 12.1. The van der Waals surface area contributed by atoms with Crippen LogP contribution in [0.3, 0.4) is 0 Å². The van der Waals surface area contributed by atoms with Crippen LogP contribution in [0.5, 0.6) is 0 Å². The van der Waals surface area contributed by atoms with Gasteiger partial charge in [-0.05, 0) is 46.9 Å². The zero-order chi connectivity index (χ0) is 15.0. The minimum atomic E-state index is -0.634. The molecule has 0 heterocycles. The molecule has 1 nitrogen and oxygen atoms in total. The van der Waals surface area contributed by atoms with Crippen LogP contribution >= 0.6 is 15.9 Å². The van der Waals surface area contributed by atoms with Crippen molar-refractivity contribution >= 4 is 26.7 Å². The van der Waals surface area contributed by atoms with Gasteiger partial charge in [-0.2, -0.15) is 0 Å². The Morgan fingerprint density at radius 1 is 0.762 bits per heavy atom. The van der Waals surface area contributed by atoms with Gasteiger partial charge in [-0.25, -0.2) is 0 Å². The molecule has 2 heteroatoms. The Kier molecular flexibility index (Phi) is 3.83. The Morgan fingerprint density at radius 2 is 1.48 bits per heavy atom. The SMILES string of the molecule is Cc1cccc(C(O)c2ccc(C)c3ccccc23)c1Br. The Balaban J connectivity index is 2.21. The highest BCUT2D eigenvalue weighted by Gasteiger charge is 2.17. The molecule has 3 rings (SSSR count). The lowest BCUT2D eigenvalue weighted by molar-refractivity contribution is 0.221. The average Bonchev–Trinajstić information content (AvgIpc) is 2.50. The molecule has 0 aliphatic carbocycles. The molecule has 0 aliphatic rings. The van der Waals surface area contributed by atoms with Crippen LogP contribution < -0.4 is 0 Å². The summed E-state index contributed by atoms with van der Waals surface area (Å²) in [5.74, 6) is 0. The van der Waals surface area contributed by atoms with E-state index in [1.165, 1.54) is 10.9 Å². The molecule has 3 aromatic rings. The largest absolute Gasteiger partial charge is 0.384 e. The van der Waals surface area contributed by atoms with Crippen molar-refractivity contribution in [2.24, 2.45) is 0 Å². The van der Waals surface area contributed by atoms with Crippen LogP contribution in [-0.2, 0) is 0 Å². The van der Waals surface area contributed by atoms with E-state index in [0.29, 0.717) is 0 Å². The summed E-state index contributed by atoms with van der Waals surface area (Å²) in [4.78, 5) is 0. The molecule has 0 saturated carbocycles. The van der Waals surface area contributed by atoms with Crippen molar-refractivity contribution in [3.8, 4) is 0 Å². The summed E-state index contributed by atoms with van der Waals surface area (Å²) in [6.07, 6.45) is -0.634. The molecule has 3 aromatic carbocycles. The Hall–Kier alpha value is -1.64.